The monoisotopic (exact) mass is 627 g/mol. The van der Waals surface area contributed by atoms with Crippen LogP contribution in [-0.4, -0.2) is 50.2 Å². The van der Waals surface area contributed by atoms with Crippen LogP contribution in [0.4, 0.5) is 24.8 Å². The molecular weight excluding hydrogens is 595 g/mol. The Hall–Kier alpha value is -5.27. The number of hydrogen-bond donors (Lipinski definition) is 1. The van der Waals surface area contributed by atoms with Gasteiger partial charge < -0.3 is 9.88 Å². The van der Waals surface area contributed by atoms with Gasteiger partial charge in [0.15, 0.2) is 5.82 Å². The van der Waals surface area contributed by atoms with E-state index in [1.165, 1.54) is 4.90 Å². The quantitative estimate of drug-likeness (QED) is 0.196. The number of halogens is 3. The van der Waals surface area contributed by atoms with Gasteiger partial charge in [-0.2, -0.15) is 23.7 Å². The van der Waals surface area contributed by atoms with Crippen LogP contribution in [0.2, 0.25) is 0 Å². The minimum atomic E-state index is -4.67. The standard InChI is InChI=1S/C33H32F3N9O/c1-4-11-44(5-2)18-22-13-26-27(28(14-22)33(34,35)36)19-45(32(26)46)30-16-23(15-29(41-30)39-10-6-9-37)25-12-21(17-38)7-8-24(25)31-42-40-20-43(31)3/h7-8,12-16,20H,4-6,10-11,18-19H2,1-3H3,(H,39,41). The first-order valence-electron chi connectivity index (χ1n) is 14.9. The molecule has 1 aliphatic rings. The zero-order valence-corrected chi connectivity index (χ0v) is 25.7. The molecule has 13 heteroatoms. The Labute approximate surface area is 264 Å². The van der Waals surface area contributed by atoms with Gasteiger partial charge in [0.25, 0.3) is 5.91 Å². The van der Waals surface area contributed by atoms with Crippen molar-refractivity contribution in [3.8, 4) is 34.7 Å². The number of carbonyl (C=O) groups excluding carboxylic acids is 1. The second kappa shape index (κ2) is 13.4. The molecule has 2 aromatic heterocycles. The Morgan fingerprint density at radius 2 is 1.87 bits per heavy atom. The van der Waals surface area contributed by atoms with E-state index in [1.54, 1.807) is 54.3 Å². The zero-order valence-electron chi connectivity index (χ0n) is 25.7. The molecule has 5 rings (SSSR count). The van der Waals surface area contributed by atoms with E-state index in [2.05, 4.69) is 32.6 Å². The van der Waals surface area contributed by atoms with Crippen molar-refractivity contribution in [3.63, 3.8) is 0 Å². The number of hydrogen-bond acceptors (Lipinski definition) is 8. The lowest BCUT2D eigenvalue weighted by atomic mass is 9.97. The van der Waals surface area contributed by atoms with E-state index in [0.29, 0.717) is 46.0 Å². The molecule has 0 spiro atoms. The van der Waals surface area contributed by atoms with Gasteiger partial charge in [-0.25, -0.2) is 4.98 Å². The third-order valence-electron chi connectivity index (χ3n) is 7.84. The number of nitrogens with one attached hydrogen (secondary N) is 1. The molecule has 0 aliphatic carbocycles. The molecule has 1 aliphatic heterocycles. The van der Waals surface area contributed by atoms with Crippen LogP contribution in [0.15, 0.2) is 48.8 Å². The number of aromatic nitrogens is 4. The molecule has 0 saturated carbocycles. The first-order valence-corrected chi connectivity index (χ1v) is 14.9. The Bertz CT molecular complexity index is 1850. The number of fused-ring (bicyclic) bond motifs is 1. The van der Waals surface area contributed by atoms with E-state index in [0.717, 1.165) is 19.0 Å². The zero-order chi connectivity index (χ0) is 33.0. The lowest BCUT2D eigenvalue weighted by Gasteiger charge is -2.21. The first kappa shape index (κ1) is 32.1. The molecule has 2 aromatic carbocycles. The fourth-order valence-electron chi connectivity index (χ4n) is 5.64. The van der Waals surface area contributed by atoms with Crippen molar-refractivity contribution in [2.24, 2.45) is 7.05 Å². The summed E-state index contributed by atoms with van der Waals surface area (Å²) in [5, 5.41) is 30.0. The number of nitrogens with zero attached hydrogens (tertiary/aromatic N) is 8. The number of pyridine rings is 1. The minimum absolute atomic E-state index is 0.00480. The fourth-order valence-corrected chi connectivity index (χ4v) is 5.64. The average molecular weight is 628 g/mol. The number of aryl methyl sites for hydroxylation is 1. The minimum Gasteiger partial charge on any atom is -0.369 e. The third-order valence-corrected chi connectivity index (χ3v) is 7.84. The van der Waals surface area contributed by atoms with Gasteiger partial charge >= 0.3 is 6.18 Å². The van der Waals surface area contributed by atoms with Gasteiger partial charge in [-0.15, -0.1) is 10.2 Å². The highest BCUT2D eigenvalue weighted by Crippen LogP contribution is 2.41. The molecule has 0 fully saturated rings. The van der Waals surface area contributed by atoms with Gasteiger partial charge in [-0.3, -0.25) is 14.6 Å². The number of anilines is 2. The normalized spacial score (nSPS) is 12.7. The summed E-state index contributed by atoms with van der Waals surface area (Å²) in [5.74, 6) is 0.369. The van der Waals surface area contributed by atoms with Crippen molar-refractivity contribution >= 4 is 17.5 Å². The lowest BCUT2D eigenvalue weighted by Crippen LogP contribution is -2.25. The number of nitriles is 2. The van der Waals surface area contributed by atoms with Crippen LogP contribution < -0.4 is 10.2 Å². The third kappa shape index (κ3) is 6.55. The van der Waals surface area contributed by atoms with Crippen molar-refractivity contribution in [1.29, 1.82) is 10.5 Å². The van der Waals surface area contributed by atoms with Gasteiger partial charge in [0.2, 0.25) is 0 Å². The predicted molar refractivity (Wildman–Crippen MR) is 166 cm³/mol. The van der Waals surface area contributed by atoms with E-state index < -0.39 is 17.6 Å². The first-order chi connectivity index (χ1) is 22.1. The van der Waals surface area contributed by atoms with Crippen molar-refractivity contribution in [2.45, 2.75) is 46.0 Å². The van der Waals surface area contributed by atoms with Crippen molar-refractivity contribution in [3.05, 3.63) is 76.6 Å². The van der Waals surface area contributed by atoms with Crippen LogP contribution in [0, 0.1) is 22.7 Å². The van der Waals surface area contributed by atoms with Gasteiger partial charge in [0.05, 0.1) is 36.2 Å². The highest BCUT2D eigenvalue weighted by Gasteiger charge is 2.41. The van der Waals surface area contributed by atoms with Crippen LogP contribution in [0.1, 0.15) is 59.3 Å². The summed E-state index contributed by atoms with van der Waals surface area (Å²) in [7, 11) is 1.78. The summed E-state index contributed by atoms with van der Waals surface area (Å²) < 4.78 is 45.0. The van der Waals surface area contributed by atoms with Gasteiger partial charge in [0.1, 0.15) is 18.0 Å². The summed E-state index contributed by atoms with van der Waals surface area (Å²) in [6.45, 7) is 5.55. The Morgan fingerprint density at radius 1 is 1.07 bits per heavy atom. The van der Waals surface area contributed by atoms with Crippen LogP contribution in [-0.2, 0) is 26.3 Å². The molecule has 1 N–H and O–H groups in total. The lowest BCUT2D eigenvalue weighted by molar-refractivity contribution is -0.138. The second-order valence-electron chi connectivity index (χ2n) is 11.0. The maximum absolute atomic E-state index is 14.4. The molecule has 3 heterocycles. The Kier molecular flexibility index (Phi) is 9.35. The van der Waals surface area contributed by atoms with E-state index >= 15 is 0 Å². The Balaban J connectivity index is 1.63. The molecular formula is C33H32F3N9O. The van der Waals surface area contributed by atoms with E-state index in [4.69, 9.17) is 5.26 Å². The summed E-state index contributed by atoms with van der Waals surface area (Å²) in [6, 6.07) is 15.3. The van der Waals surface area contributed by atoms with Crippen LogP contribution >= 0.6 is 0 Å². The SMILES string of the molecule is CCCN(CC)Cc1cc2c(c(C(F)(F)F)c1)CN(c1cc(-c3cc(C#N)ccc3-c3nncn3C)cc(NCCC#N)n1)C2=O. The van der Waals surface area contributed by atoms with Gasteiger partial charge in [-0.05, 0) is 84.2 Å². The van der Waals surface area contributed by atoms with E-state index in [-0.39, 0.29) is 43.0 Å². The highest BCUT2D eigenvalue weighted by molar-refractivity contribution is 6.10. The van der Waals surface area contributed by atoms with Crippen LogP contribution in [0.5, 0.6) is 0 Å². The fraction of sp³-hybridized carbons (Fsp3) is 0.333. The molecule has 0 radical (unpaired) electrons. The number of alkyl halides is 3. The van der Waals surface area contributed by atoms with E-state index in [9.17, 15) is 23.2 Å². The maximum atomic E-state index is 14.4. The molecule has 46 heavy (non-hydrogen) atoms. The van der Waals surface area contributed by atoms with Crippen molar-refractivity contribution in [2.75, 3.05) is 29.9 Å². The van der Waals surface area contributed by atoms with Crippen molar-refractivity contribution in [1.82, 2.24) is 24.6 Å². The van der Waals surface area contributed by atoms with Gasteiger partial charge in [0, 0.05) is 31.3 Å². The van der Waals surface area contributed by atoms with E-state index in [1.807, 2.05) is 18.7 Å². The molecule has 0 atom stereocenters. The number of rotatable bonds is 11. The van der Waals surface area contributed by atoms with Crippen molar-refractivity contribution < 1.29 is 18.0 Å². The predicted octanol–water partition coefficient (Wildman–Crippen LogP) is 6.15. The van der Waals surface area contributed by atoms with Crippen LogP contribution in [0.3, 0.4) is 0 Å². The Morgan fingerprint density at radius 3 is 2.52 bits per heavy atom. The number of amides is 1. The molecule has 0 saturated heterocycles. The smallest absolute Gasteiger partial charge is 0.369 e. The molecule has 1 amide bonds. The summed E-state index contributed by atoms with van der Waals surface area (Å²) >= 11 is 0. The topological polar surface area (TPSA) is 127 Å². The molecule has 4 aromatic rings. The highest BCUT2D eigenvalue weighted by atomic mass is 19.4. The maximum Gasteiger partial charge on any atom is 0.416 e. The number of benzene rings is 2. The second-order valence-corrected chi connectivity index (χ2v) is 11.0. The average Bonchev–Trinajstić information content (AvgIpc) is 3.62. The molecule has 0 bridgehead atoms. The van der Waals surface area contributed by atoms with Crippen LogP contribution in [0.25, 0.3) is 22.5 Å². The summed E-state index contributed by atoms with van der Waals surface area (Å²) in [6.07, 6.45) is -2.10. The number of carbonyl (C=O) groups is 1. The van der Waals surface area contributed by atoms with Gasteiger partial charge in [-0.1, -0.05) is 13.8 Å². The molecule has 0 unspecified atom stereocenters. The molecule has 236 valence electrons. The largest absolute Gasteiger partial charge is 0.416 e. The molecule has 10 nitrogen and oxygen atoms in total. The summed E-state index contributed by atoms with van der Waals surface area (Å²) in [5.41, 5.74) is 1.61. The summed E-state index contributed by atoms with van der Waals surface area (Å²) in [4.78, 5) is 21.8.